The predicted molar refractivity (Wildman–Crippen MR) is 41.3 cm³/mol. The van der Waals surface area contributed by atoms with Crippen LogP contribution in [0.5, 0.6) is 0 Å². The first-order valence-electron chi connectivity index (χ1n) is 2.10. The van der Waals surface area contributed by atoms with Crippen LogP contribution in [0.3, 0.4) is 0 Å². The van der Waals surface area contributed by atoms with E-state index in [4.69, 9.17) is 10.4 Å². The minimum Gasteiger partial charge on any atom is -0.411 e. The van der Waals surface area contributed by atoms with E-state index in [0.717, 1.165) is 0 Å². The smallest absolute Gasteiger partial charge is 0.101 e. The monoisotopic (exact) mass is 162 g/mol. The Hall–Kier alpha value is 0.940. The fraction of sp³-hybridized carbons (Fsp3) is 0.500. The SMILES string of the molecule is CC(=NO)C(C)=NO.[Na].[Na]. The van der Waals surface area contributed by atoms with E-state index in [1.807, 2.05) is 0 Å². The second-order valence-electron chi connectivity index (χ2n) is 1.37. The van der Waals surface area contributed by atoms with Crippen molar-refractivity contribution >= 4 is 70.5 Å². The van der Waals surface area contributed by atoms with Crippen LogP contribution < -0.4 is 0 Å². The van der Waals surface area contributed by atoms with Crippen LogP contribution in [0.25, 0.3) is 0 Å². The first kappa shape index (κ1) is 17.1. The Bertz CT molecular complexity index is 119. The van der Waals surface area contributed by atoms with Gasteiger partial charge in [0.25, 0.3) is 0 Å². The molecule has 0 heterocycles. The summed E-state index contributed by atoms with van der Waals surface area (Å²) in [6.07, 6.45) is 0. The van der Waals surface area contributed by atoms with E-state index in [1.54, 1.807) is 0 Å². The third-order valence-electron chi connectivity index (χ3n) is 0.824. The van der Waals surface area contributed by atoms with Crippen LogP contribution in [-0.4, -0.2) is 81.0 Å². The van der Waals surface area contributed by atoms with E-state index < -0.39 is 0 Å². The molecule has 0 aliphatic rings. The van der Waals surface area contributed by atoms with E-state index >= 15 is 0 Å². The molecule has 0 rings (SSSR count). The molecule has 0 spiro atoms. The summed E-state index contributed by atoms with van der Waals surface area (Å²) >= 11 is 0. The number of oxime groups is 2. The Balaban J connectivity index is -0.000000245. The first-order chi connectivity index (χ1) is 3.72. The molecule has 6 heteroatoms. The molecule has 0 unspecified atom stereocenters. The maximum absolute atomic E-state index is 8.03. The van der Waals surface area contributed by atoms with Crippen molar-refractivity contribution in [3.8, 4) is 0 Å². The van der Waals surface area contributed by atoms with Crippen LogP contribution in [-0.2, 0) is 0 Å². The molecule has 0 aromatic rings. The molecular weight excluding hydrogens is 154 g/mol. The molecule has 0 saturated carbocycles. The van der Waals surface area contributed by atoms with Crippen LogP contribution in [0.4, 0.5) is 0 Å². The van der Waals surface area contributed by atoms with E-state index in [0.29, 0.717) is 11.4 Å². The average molecular weight is 162 g/mol. The Morgan fingerprint density at radius 1 is 0.900 bits per heavy atom. The Morgan fingerprint density at radius 2 is 1.10 bits per heavy atom. The van der Waals surface area contributed by atoms with Crippen LogP contribution in [0, 0.1) is 0 Å². The second-order valence-corrected chi connectivity index (χ2v) is 1.37. The van der Waals surface area contributed by atoms with E-state index in [2.05, 4.69) is 10.3 Å². The number of hydrogen-bond acceptors (Lipinski definition) is 4. The van der Waals surface area contributed by atoms with Crippen LogP contribution in [0.2, 0.25) is 0 Å². The molecule has 0 atom stereocenters. The van der Waals surface area contributed by atoms with Gasteiger partial charge in [0, 0.05) is 59.1 Å². The predicted octanol–water partition coefficient (Wildman–Crippen LogP) is -0.0750. The normalized spacial score (nSPS) is 11.4. The molecule has 0 fully saturated rings. The second kappa shape index (κ2) is 9.94. The zero-order chi connectivity index (χ0) is 6.57. The third-order valence-corrected chi connectivity index (χ3v) is 0.824. The van der Waals surface area contributed by atoms with Gasteiger partial charge in [-0.15, -0.1) is 0 Å². The molecule has 0 aliphatic carbocycles. The molecule has 0 aromatic heterocycles. The van der Waals surface area contributed by atoms with Gasteiger partial charge in [-0.05, 0) is 13.8 Å². The first-order valence-corrected chi connectivity index (χ1v) is 2.10. The topological polar surface area (TPSA) is 65.2 Å². The maximum Gasteiger partial charge on any atom is 0.101 e. The Kier molecular flexibility index (Phi) is 17.0. The van der Waals surface area contributed by atoms with Crippen molar-refractivity contribution in [2.75, 3.05) is 0 Å². The van der Waals surface area contributed by atoms with Gasteiger partial charge in [0.15, 0.2) is 0 Å². The summed E-state index contributed by atoms with van der Waals surface area (Å²) in [6, 6.07) is 0. The quantitative estimate of drug-likeness (QED) is 0.245. The van der Waals surface area contributed by atoms with Gasteiger partial charge in [-0.3, -0.25) is 0 Å². The summed E-state index contributed by atoms with van der Waals surface area (Å²) in [5.41, 5.74) is 0.625. The van der Waals surface area contributed by atoms with Crippen LogP contribution >= 0.6 is 0 Å². The molecule has 0 aromatic carbocycles. The summed E-state index contributed by atoms with van der Waals surface area (Å²) in [5.74, 6) is 0. The third kappa shape index (κ3) is 7.05. The number of hydrogen-bond donors (Lipinski definition) is 2. The summed E-state index contributed by atoms with van der Waals surface area (Å²) < 4.78 is 0. The summed E-state index contributed by atoms with van der Waals surface area (Å²) in [6.45, 7) is 3.07. The molecule has 2 N–H and O–H groups in total. The van der Waals surface area contributed by atoms with Crippen molar-refractivity contribution in [1.29, 1.82) is 0 Å². The number of rotatable bonds is 1. The molecule has 0 bridgehead atoms. The number of nitrogens with zero attached hydrogens (tertiary/aromatic N) is 2. The molecule has 4 nitrogen and oxygen atoms in total. The van der Waals surface area contributed by atoms with Crippen LogP contribution in [0.15, 0.2) is 10.3 Å². The summed E-state index contributed by atoms with van der Waals surface area (Å²) in [5, 5.41) is 21.6. The summed E-state index contributed by atoms with van der Waals surface area (Å²) in [4.78, 5) is 0. The van der Waals surface area contributed by atoms with Gasteiger partial charge in [-0.2, -0.15) is 0 Å². The molecule has 48 valence electrons. The maximum atomic E-state index is 8.03. The minimum atomic E-state index is 0. The van der Waals surface area contributed by atoms with Crippen molar-refractivity contribution in [1.82, 2.24) is 0 Å². The van der Waals surface area contributed by atoms with Gasteiger partial charge in [0.05, 0.1) is 0 Å². The fourth-order valence-electron chi connectivity index (χ4n) is 0.145. The van der Waals surface area contributed by atoms with E-state index in [1.165, 1.54) is 13.8 Å². The van der Waals surface area contributed by atoms with Crippen LogP contribution in [0.1, 0.15) is 13.8 Å². The molecule has 2 radical (unpaired) electrons. The van der Waals surface area contributed by atoms with Crippen molar-refractivity contribution in [3.05, 3.63) is 0 Å². The standard InChI is InChI=1S/C4H8N2O2.2Na/c1-3(5-7)4(2)6-8;;/h7-8H,1-2H3;;. The van der Waals surface area contributed by atoms with Gasteiger partial charge in [0.1, 0.15) is 11.4 Å². The zero-order valence-corrected chi connectivity index (χ0v) is 10.8. The van der Waals surface area contributed by atoms with Gasteiger partial charge < -0.3 is 10.4 Å². The largest absolute Gasteiger partial charge is 0.411 e. The van der Waals surface area contributed by atoms with E-state index in [9.17, 15) is 0 Å². The average Bonchev–Trinajstić information content (AvgIpc) is 1.84. The van der Waals surface area contributed by atoms with E-state index in [-0.39, 0.29) is 59.1 Å². The molecule has 0 aliphatic heterocycles. The Morgan fingerprint density at radius 3 is 1.20 bits per heavy atom. The fourth-order valence-corrected chi connectivity index (χ4v) is 0.145. The molecule has 0 saturated heterocycles. The van der Waals surface area contributed by atoms with Crippen molar-refractivity contribution < 1.29 is 10.4 Å². The molecule has 10 heavy (non-hydrogen) atoms. The van der Waals surface area contributed by atoms with Gasteiger partial charge in [0.2, 0.25) is 0 Å². The Labute approximate surface area is 104 Å². The summed E-state index contributed by atoms with van der Waals surface area (Å²) in [7, 11) is 0. The van der Waals surface area contributed by atoms with Gasteiger partial charge in [-0.1, -0.05) is 10.3 Å². The zero-order valence-electron chi connectivity index (χ0n) is 6.79. The van der Waals surface area contributed by atoms with Gasteiger partial charge in [-0.25, -0.2) is 0 Å². The van der Waals surface area contributed by atoms with Crippen molar-refractivity contribution in [3.63, 3.8) is 0 Å². The van der Waals surface area contributed by atoms with Gasteiger partial charge >= 0.3 is 0 Å². The van der Waals surface area contributed by atoms with Crippen molar-refractivity contribution in [2.24, 2.45) is 10.3 Å². The van der Waals surface area contributed by atoms with Crippen molar-refractivity contribution in [2.45, 2.75) is 13.8 Å². The minimum absolute atomic E-state index is 0. The molecular formula is C4H8N2Na2O2. The molecule has 0 amide bonds.